The summed E-state index contributed by atoms with van der Waals surface area (Å²) in [5.41, 5.74) is 2.16. The van der Waals surface area contributed by atoms with Gasteiger partial charge in [0.1, 0.15) is 5.75 Å². The van der Waals surface area contributed by atoms with E-state index < -0.39 is 0 Å². The second-order valence-electron chi connectivity index (χ2n) is 5.94. The minimum absolute atomic E-state index is 0.0197. The Labute approximate surface area is 142 Å². The van der Waals surface area contributed by atoms with Crippen molar-refractivity contribution in [3.05, 3.63) is 60.8 Å². The number of hydrogen-bond acceptors (Lipinski definition) is 3. The fraction of sp³-hybridized carbons (Fsp3) is 0.300. The largest absolute Gasteiger partial charge is 0.493 e. The summed E-state index contributed by atoms with van der Waals surface area (Å²) in [5, 5.41) is 3.07. The Bertz CT molecular complexity index is 727. The predicted octanol–water partition coefficient (Wildman–Crippen LogP) is 3.99. The molecule has 0 saturated carbocycles. The molecule has 1 aliphatic rings. The second kappa shape index (κ2) is 7.77. The summed E-state index contributed by atoms with van der Waals surface area (Å²) < 4.78 is 5.83. The van der Waals surface area contributed by atoms with E-state index in [9.17, 15) is 4.79 Å². The number of rotatable bonds is 1. The van der Waals surface area contributed by atoms with Gasteiger partial charge in [-0.15, -0.1) is 6.58 Å². The van der Waals surface area contributed by atoms with Crippen LogP contribution in [0.25, 0.3) is 11.3 Å². The van der Waals surface area contributed by atoms with Crippen molar-refractivity contribution in [2.45, 2.75) is 31.7 Å². The zero-order chi connectivity index (χ0) is 16.8. The van der Waals surface area contributed by atoms with Crippen molar-refractivity contribution >= 4 is 5.91 Å². The maximum absolute atomic E-state index is 12.7. The fourth-order valence-electron chi connectivity index (χ4n) is 2.88. The van der Waals surface area contributed by atoms with Crippen LogP contribution in [0.3, 0.4) is 0 Å². The molecule has 4 heteroatoms. The molecule has 1 aromatic carbocycles. The number of benzene rings is 1. The first kappa shape index (κ1) is 16.2. The fourth-order valence-corrected chi connectivity index (χ4v) is 2.88. The van der Waals surface area contributed by atoms with Crippen LogP contribution in [-0.2, 0) is 0 Å². The van der Waals surface area contributed by atoms with Gasteiger partial charge in [0.05, 0.1) is 12.3 Å². The summed E-state index contributed by atoms with van der Waals surface area (Å²) in [4.78, 5) is 17.1. The molecule has 124 valence electrons. The van der Waals surface area contributed by atoms with Gasteiger partial charge in [0.25, 0.3) is 5.91 Å². The van der Waals surface area contributed by atoms with E-state index in [0.29, 0.717) is 12.2 Å². The Morgan fingerprint density at radius 3 is 2.83 bits per heavy atom. The standard InChI is InChI=1S/C20H22N2O2/c1-2-15-8-4-3-7-13-24-16-11-12-21-19(14-16)17-9-5-6-10-18(17)20(23)22-15/h2,5-6,9-12,14-15H,1,3-4,7-8,13H2,(H,22,23)/t15-/m1/s1. The summed E-state index contributed by atoms with van der Waals surface area (Å²) in [7, 11) is 0. The van der Waals surface area contributed by atoms with Gasteiger partial charge in [0, 0.05) is 29.4 Å². The molecule has 3 rings (SSSR count). The SMILES string of the molecule is C=C[C@@H]1CCCCCOc2ccnc(c2)-c2ccccc2C(=O)N1. The van der Waals surface area contributed by atoms with Crippen LogP contribution in [0, 0.1) is 0 Å². The molecule has 1 aromatic heterocycles. The second-order valence-corrected chi connectivity index (χ2v) is 5.94. The van der Waals surface area contributed by atoms with Crippen molar-refractivity contribution in [3.8, 4) is 17.0 Å². The van der Waals surface area contributed by atoms with Crippen LogP contribution in [0.2, 0.25) is 0 Å². The van der Waals surface area contributed by atoms with Gasteiger partial charge >= 0.3 is 0 Å². The van der Waals surface area contributed by atoms with Crippen molar-refractivity contribution in [2.75, 3.05) is 6.61 Å². The topological polar surface area (TPSA) is 51.2 Å². The minimum Gasteiger partial charge on any atom is -0.493 e. The van der Waals surface area contributed by atoms with Gasteiger partial charge in [-0.3, -0.25) is 9.78 Å². The van der Waals surface area contributed by atoms with Crippen molar-refractivity contribution < 1.29 is 9.53 Å². The lowest BCUT2D eigenvalue weighted by molar-refractivity contribution is 0.0943. The highest BCUT2D eigenvalue weighted by Gasteiger charge is 2.16. The molecule has 24 heavy (non-hydrogen) atoms. The van der Waals surface area contributed by atoms with Crippen molar-refractivity contribution in [1.29, 1.82) is 0 Å². The third kappa shape index (κ3) is 3.82. The monoisotopic (exact) mass is 322 g/mol. The van der Waals surface area contributed by atoms with Gasteiger partial charge in [-0.1, -0.05) is 30.7 Å². The Balaban J connectivity index is 2.00. The van der Waals surface area contributed by atoms with Crippen molar-refractivity contribution in [2.24, 2.45) is 0 Å². The number of pyridine rings is 1. The number of fused-ring (bicyclic) bond motifs is 4. The Morgan fingerprint density at radius 2 is 2.00 bits per heavy atom. The molecule has 0 unspecified atom stereocenters. The first-order chi connectivity index (χ1) is 11.8. The van der Waals surface area contributed by atoms with Crippen LogP contribution >= 0.6 is 0 Å². The molecule has 0 spiro atoms. The molecule has 1 aliphatic heterocycles. The molecule has 0 aliphatic carbocycles. The normalized spacial score (nSPS) is 18.5. The van der Waals surface area contributed by atoms with Gasteiger partial charge in [0.15, 0.2) is 0 Å². The van der Waals surface area contributed by atoms with Crippen LogP contribution in [0.4, 0.5) is 0 Å². The predicted molar refractivity (Wildman–Crippen MR) is 95.1 cm³/mol. The maximum Gasteiger partial charge on any atom is 0.252 e. The van der Waals surface area contributed by atoms with Gasteiger partial charge in [-0.2, -0.15) is 0 Å². The quantitative estimate of drug-likeness (QED) is 0.808. The highest BCUT2D eigenvalue weighted by atomic mass is 16.5. The van der Waals surface area contributed by atoms with Gasteiger partial charge < -0.3 is 10.1 Å². The van der Waals surface area contributed by atoms with Crippen LogP contribution in [0.15, 0.2) is 55.3 Å². The van der Waals surface area contributed by atoms with E-state index in [-0.39, 0.29) is 11.9 Å². The van der Waals surface area contributed by atoms with E-state index >= 15 is 0 Å². The van der Waals surface area contributed by atoms with Crippen LogP contribution in [0.1, 0.15) is 36.0 Å². The first-order valence-corrected chi connectivity index (χ1v) is 8.39. The lowest BCUT2D eigenvalue weighted by Crippen LogP contribution is -2.33. The molecule has 0 saturated heterocycles. The molecule has 2 heterocycles. The smallest absolute Gasteiger partial charge is 0.252 e. The summed E-state index contributed by atoms with van der Waals surface area (Å²) in [5.74, 6) is 0.692. The number of nitrogens with one attached hydrogen (secondary N) is 1. The zero-order valence-corrected chi connectivity index (χ0v) is 13.7. The third-order valence-electron chi connectivity index (χ3n) is 4.21. The number of ether oxygens (including phenoxy) is 1. The number of carbonyl (C=O) groups is 1. The molecular weight excluding hydrogens is 300 g/mol. The molecule has 2 aromatic rings. The number of aromatic nitrogens is 1. The lowest BCUT2D eigenvalue weighted by Gasteiger charge is -2.17. The molecule has 0 radical (unpaired) electrons. The van der Waals surface area contributed by atoms with Gasteiger partial charge in [0.2, 0.25) is 0 Å². The summed E-state index contributed by atoms with van der Waals surface area (Å²) in [6, 6.07) is 11.2. The van der Waals surface area contributed by atoms with E-state index in [2.05, 4.69) is 16.9 Å². The highest BCUT2D eigenvalue weighted by molar-refractivity contribution is 6.00. The van der Waals surface area contributed by atoms with E-state index in [0.717, 1.165) is 42.7 Å². The van der Waals surface area contributed by atoms with E-state index in [1.807, 2.05) is 42.5 Å². The minimum atomic E-state index is -0.0966. The summed E-state index contributed by atoms with van der Waals surface area (Å²) in [6.07, 6.45) is 7.50. The molecular formula is C20H22N2O2. The number of carbonyl (C=O) groups excluding carboxylic acids is 1. The molecule has 1 amide bonds. The molecule has 4 nitrogen and oxygen atoms in total. The Kier molecular flexibility index (Phi) is 5.26. The van der Waals surface area contributed by atoms with Gasteiger partial charge in [-0.25, -0.2) is 0 Å². The maximum atomic E-state index is 12.7. The number of nitrogens with zero attached hydrogens (tertiary/aromatic N) is 1. The Hall–Kier alpha value is -2.62. The average molecular weight is 322 g/mol. The lowest BCUT2D eigenvalue weighted by atomic mass is 10.0. The molecule has 0 fully saturated rings. The van der Waals surface area contributed by atoms with Crippen molar-refractivity contribution in [1.82, 2.24) is 10.3 Å². The van der Waals surface area contributed by atoms with Gasteiger partial charge in [-0.05, 0) is 31.4 Å². The van der Waals surface area contributed by atoms with Crippen LogP contribution < -0.4 is 10.1 Å². The zero-order valence-electron chi connectivity index (χ0n) is 13.7. The first-order valence-electron chi connectivity index (χ1n) is 8.39. The van der Waals surface area contributed by atoms with Crippen LogP contribution in [-0.4, -0.2) is 23.5 Å². The number of amides is 1. The molecule has 1 atom stereocenters. The Morgan fingerprint density at radius 1 is 1.17 bits per heavy atom. The summed E-state index contributed by atoms with van der Waals surface area (Å²) >= 11 is 0. The molecule has 1 N–H and O–H groups in total. The van der Waals surface area contributed by atoms with E-state index in [1.54, 1.807) is 6.20 Å². The van der Waals surface area contributed by atoms with Crippen molar-refractivity contribution in [3.63, 3.8) is 0 Å². The van der Waals surface area contributed by atoms with Crippen LogP contribution in [0.5, 0.6) is 5.75 Å². The highest BCUT2D eigenvalue weighted by Crippen LogP contribution is 2.25. The molecule has 2 bridgehead atoms. The van der Waals surface area contributed by atoms with E-state index in [1.165, 1.54) is 0 Å². The van der Waals surface area contributed by atoms with E-state index in [4.69, 9.17) is 4.74 Å². The number of hydrogen-bond donors (Lipinski definition) is 1. The third-order valence-corrected chi connectivity index (χ3v) is 4.21. The summed E-state index contributed by atoms with van der Waals surface area (Å²) in [6.45, 7) is 4.54. The average Bonchev–Trinajstić information content (AvgIpc) is 2.63.